The maximum atomic E-state index is 12.7. The Morgan fingerprint density at radius 1 is 1.28 bits per heavy atom. The number of hydrogen-bond acceptors (Lipinski definition) is 3. The predicted molar refractivity (Wildman–Crippen MR) is 99.6 cm³/mol. The first kappa shape index (κ1) is 18.0. The minimum absolute atomic E-state index is 0.217. The Hall–Kier alpha value is -1.83. The number of aromatic nitrogens is 3. The normalized spacial score (nSPS) is 12.8. The molecule has 0 amide bonds. The Morgan fingerprint density at radius 2 is 2.00 bits per heavy atom. The summed E-state index contributed by atoms with van der Waals surface area (Å²) in [6.07, 6.45) is 1.91. The highest BCUT2D eigenvalue weighted by molar-refractivity contribution is 7.89. The quantitative estimate of drug-likeness (QED) is 0.633. The molecule has 0 radical (unpaired) electrons. The zero-order valence-corrected chi connectivity index (χ0v) is 16.1. The fourth-order valence-corrected chi connectivity index (χ4v) is 4.79. The molecule has 3 rings (SSSR count). The predicted octanol–water partition coefficient (Wildman–Crippen LogP) is 3.42. The van der Waals surface area contributed by atoms with Crippen molar-refractivity contribution >= 4 is 32.5 Å². The number of benzene rings is 1. The highest BCUT2D eigenvalue weighted by Crippen LogP contribution is 2.31. The number of H-pyrrole nitrogens is 2. The van der Waals surface area contributed by atoms with Crippen molar-refractivity contribution in [1.29, 1.82) is 0 Å². The Kier molecular flexibility index (Phi) is 4.43. The van der Waals surface area contributed by atoms with E-state index < -0.39 is 15.4 Å². The monoisotopic (exact) mass is 380 g/mol. The van der Waals surface area contributed by atoms with Crippen LogP contribution >= 0.6 is 11.6 Å². The van der Waals surface area contributed by atoms with E-state index in [1.54, 1.807) is 13.8 Å². The number of rotatable bonds is 5. The summed E-state index contributed by atoms with van der Waals surface area (Å²) in [7, 11) is -3.64. The standard InChI is InChI=1S/C17H21ClN4O2S/c1-10-16(11(2)22-21-10)25(23,24)20-9-17(3,4)14-8-19-15-7-12(18)5-6-13(14)15/h5-8,19-20H,9H2,1-4H3,(H,21,22). The Balaban J connectivity index is 1.88. The van der Waals surface area contributed by atoms with Gasteiger partial charge in [-0.05, 0) is 31.5 Å². The molecule has 0 unspecified atom stereocenters. The molecule has 3 aromatic rings. The Morgan fingerprint density at radius 3 is 2.64 bits per heavy atom. The van der Waals surface area contributed by atoms with Gasteiger partial charge < -0.3 is 4.98 Å². The minimum Gasteiger partial charge on any atom is -0.361 e. The van der Waals surface area contributed by atoms with Crippen molar-refractivity contribution in [1.82, 2.24) is 19.9 Å². The van der Waals surface area contributed by atoms with Gasteiger partial charge in [0, 0.05) is 34.1 Å². The third-order valence-corrected chi connectivity index (χ3v) is 6.30. The van der Waals surface area contributed by atoms with Gasteiger partial charge in [-0.3, -0.25) is 5.10 Å². The number of sulfonamides is 1. The topological polar surface area (TPSA) is 90.6 Å². The molecule has 1 aromatic carbocycles. The van der Waals surface area contributed by atoms with Crippen molar-refractivity contribution in [3.8, 4) is 0 Å². The van der Waals surface area contributed by atoms with E-state index in [0.717, 1.165) is 16.5 Å². The van der Waals surface area contributed by atoms with E-state index in [4.69, 9.17) is 11.6 Å². The molecular weight excluding hydrogens is 360 g/mol. The second-order valence-electron chi connectivity index (χ2n) is 6.86. The van der Waals surface area contributed by atoms with Gasteiger partial charge in [-0.25, -0.2) is 13.1 Å². The third kappa shape index (κ3) is 3.31. The van der Waals surface area contributed by atoms with Gasteiger partial charge in [0.1, 0.15) is 4.90 Å². The summed E-state index contributed by atoms with van der Waals surface area (Å²) < 4.78 is 28.0. The lowest BCUT2D eigenvalue weighted by Gasteiger charge is -2.25. The average Bonchev–Trinajstić information content (AvgIpc) is 3.09. The molecule has 0 bridgehead atoms. The van der Waals surface area contributed by atoms with Gasteiger partial charge in [0.2, 0.25) is 10.0 Å². The molecule has 2 heterocycles. The number of hydrogen-bond donors (Lipinski definition) is 3. The van der Waals surface area contributed by atoms with E-state index in [1.165, 1.54) is 0 Å². The van der Waals surface area contributed by atoms with E-state index in [1.807, 2.05) is 38.2 Å². The molecular formula is C17H21ClN4O2S. The summed E-state index contributed by atoms with van der Waals surface area (Å²) in [4.78, 5) is 3.42. The highest BCUT2D eigenvalue weighted by Gasteiger charge is 2.29. The van der Waals surface area contributed by atoms with Crippen LogP contribution in [0.25, 0.3) is 10.9 Å². The first-order valence-electron chi connectivity index (χ1n) is 7.90. The molecule has 0 aliphatic carbocycles. The fourth-order valence-electron chi connectivity index (χ4n) is 3.04. The van der Waals surface area contributed by atoms with Crippen molar-refractivity contribution in [2.75, 3.05) is 6.54 Å². The second-order valence-corrected chi connectivity index (χ2v) is 9.00. The SMILES string of the molecule is Cc1n[nH]c(C)c1S(=O)(=O)NCC(C)(C)c1c[nH]c2cc(Cl)ccc12. The fraction of sp³-hybridized carbons (Fsp3) is 0.353. The molecule has 0 saturated carbocycles. The average molecular weight is 381 g/mol. The molecule has 8 heteroatoms. The number of nitrogens with one attached hydrogen (secondary N) is 3. The molecule has 0 aliphatic heterocycles. The highest BCUT2D eigenvalue weighted by atomic mass is 35.5. The molecule has 0 atom stereocenters. The zero-order valence-electron chi connectivity index (χ0n) is 14.6. The third-order valence-electron chi connectivity index (χ3n) is 4.41. The zero-order chi connectivity index (χ0) is 18.4. The van der Waals surface area contributed by atoms with Crippen LogP contribution in [0, 0.1) is 13.8 Å². The van der Waals surface area contributed by atoms with E-state index in [2.05, 4.69) is 19.9 Å². The van der Waals surface area contributed by atoms with Gasteiger partial charge >= 0.3 is 0 Å². The molecule has 2 aromatic heterocycles. The van der Waals surface area contributed by atoms with Crippen LogP contribution in [0.5, 0.6) is 0 Å². The van der Waals surface area contributed by atoms with Gasteiger partial charge in [0.15, 0.2) is 0 Å². The van der Waals surface area contributed by atoms with Gasteiger partial charge in [0.25, 0.3) is 0 Å². The summed E-state index contributed by atoms with van der Waals surface area (Å²) in [6.45, 7) is 7.63. The van der Waals surface area contributed by atoms with Crippen LogP contribution in [-0.2, 0) is 15.4 Å². The minimum atomic E-state index is -3.64. The van der Waals surface area contributed by atoms with Gasteiger partial charge in [-0.15, -0.1) is 0 Å². The molecule has 3 N–H and O–H groups in total. The molecule has 25 heavy (non-hydrogen) atoms. The van der Waals surface area contributed by atoms with Crippen molar-refractivity contribution in [3.05, 3.63) is 46.4 Å². The smallest absolute Gasteiger partial charge is 0.244 e. The summed E-state index contributed by atoms with van der Waals surface area (Å²) in [5.41, 5.74) is 2.54. The maximum absolute atomic E-state index is 12.7. The number of aryl methyl sites for hydroxylation is 2. The molecule has 0 spiro atoms. The molecule has 134 valence electrons. The number of fused-ring (bicyclic) bond motifs is 1. The van der Waals surface area contributed by atoms with Gasteiger partial charge in [0.05, 0.1) is 11.4 Å². The van der Waals surface area contributed by atoms with Crippen LogP contribution in [0.15, 0.2) is 29.3 Å². The number of nitrogens with zero attached hydrogens (tertiary/aromatic N) is 1. The van der Waals surface area contributed by atoms with Gasteiger partial charge in [-0.1, -0.05) is 31.5 Å². The first-order valence-corrected chi connectivity index (χ1v) is 9.76. The van der Waals surface area contributed by atoms with E-state index in [9.17, 15) is 8.42 Å². The van der Waals surface area contributed by atoms with Crippen LogP contribution in [-0.4, -0.2) is 30.1 Å². The molecule has 0 saturated heterocycles. The van der Waals surface area contributed by atoms with E-state index in [0.29, 0.717) is 16.4 Å². The Labute approximate surface area is 152 Å². The maximum Gasteiger partial charge on any atom is 0.244 e. The molecule has 6 nitrogen and oxygen atoms in total. The summed E-state index contributed by atoms with van der Waals surface area (Å²) >= 11 is 6.03. The van der Waals surface area contributed by atoms with Crippen molar-refractivity contribution in [2.24, 2.45) is 0 Å². The van der Waals surface area contributed by atoms with E-state index >= 15 is 0 Å². The lowest BCUT2D eigenvalue weighted by atomic mass is 9.85. The van der Waals surface area contributed by atoms with Crippen molar-refractivity contribution in [3.63, 3.8) is 0 Å². The van der Waals surface area contributed by atoms with Crippen LogP contribution in [0.1, 0.15) is 30.8 Å². The van der Waals surface area contributed by atoms with Crippen molar-refractivity contribution in [2.45, 2.75) is 38.0 Å². The lowest BCUT2D eigenvalue weighted by molar-refractivity contribution is 0.504. The van der Waals surface area contributed by atoms with Crippen LogP contribution in [0.2, 0.25) is 5.02 Å². The van der Waals surface area contributed by atoms with Crippen LogP contribution < -0.4 is 4.72 Å². The lowest BCUT2D eigenvalue weighted by Crippen LogP contribution is -2.37. The Bertz CT molecular complexity index is 1010. The summed E-state index contributed by atoms with van der Waals surface area (Å²) in [6, 6.07) is 5.64. The van der Waals surface area contributed by atoms with Crippen molar-refractivity contribution < 1.29 is 8.42 Å². The second kappa shape index (κ2) is 6.16. The number of aromatic amines is 2. The first-order chi connectivity index (χ1) is 11.6. The van der Waals surface area contributed by atoms with E-state index in [-0.39, 0.29) is 11.4 Å². The largest absolute Gasteiger partial charge is 0.361 e. The molecule has 0 aliphatic rings. The summed E-state index contributed by atoms with van der Waals surface area (Å²) in [5.74, 6) is 0. The van der Waals surface area contributed by atoms with Crippen LogP contribution in [0.3, 0.4) is 0 Å². The number of halogens is 1. The van der Waals surface area contributed by atoms with Gasteiger partial charge in [-0.2, -0.15) is 5.10 Å². The molecule has 0 fully saturated rings. The summed E-state index contributed by atoms with van der Waals surface area (Å²) in [5, 5.41) is 8.36. The van der Waals surface area contributed by atoms with Crippen LogP contribution in [0.4, 0.5) is 0 Å².